The van der Waals surface area contributed by atoms with Crippen LogP contribution in [0.3, 0.4) is 0 Å². The zero-order chi connectivity index (χ0) is 21.4. The standard InChI is InChI=1S/C22H20Cl2N4O2/c1-4-15-11-13(2)21-25-19(14(3)28(21)26-15)12-17-18(23)6-5-16(20(17)24)22(29)27-7-9-30-10-8-27/h1,5-6,11H,7-10,12H2,2-3H3. The van der Waals surface area contributed by atoms with Crippen LogP contribution in [0.15, 0.2) is 18.2 Å². The minimum absolute atomic E-state index is 0.121. The average molecular weight is 443 g/mol. The smallest absolute Gasteiger partial charge is 0.255 e. The summed E-state index contributed by atoms with van der Waals surface area (Å²) >= 11 is 13.1. The molecule has 2 aromatic heterocycles. The summed E-state index contributed by atoms with van der Waals surface area (Å²) in [6.45, 7) is 6.00. The van der Waals surface area contributed by atoms with E-state index in [0.29, 0.717) is 59.6 Å². The Morgan fingerprint density at radius 3 is 2.70 bits per heavy atom. The number of benzene rings is 1. The number of fused-ring (bicyclic) bond motifs is 1. The molecular weight excluding hydrogens is 423 g/mol. The number of ether oxygens (including phenoxy) is 1. The van der Waals surface area contributed by atoms with E-state index in [2.05, 4.69) is 11.0 Å². The van der Waals surface area contributed by atoms with E-state index in [0.717, 1.165) is 22.6 Å². The number of hydrogen-bond donors (Lipinski definition) is 0. The maximum atomic E-state index is 13.0. The monoisotopic (exact) mass is 442 g/mol. The third-order valence-electron chi connectivity index (χ3n) is 5.30. The first-order chi connectivity index (χ1) is 14.4. The highest BCUT2D eigenvalue weighted by molar-refractivity contribution is 6.38. The van der Waals surface area contributed by atoms with E-state index in [9.17, 15) is 4.79 Å². The topological polar surface area (TPSA) is 59.7 Å². The lowest BCUT2D eigenvalue weighted by Gasteiger charge is -2.27. The molecule has 0 N–H and O–H groups in total. The van der Waals surface area contributed by atoms with Crippen LogP contribution in [0.4, 0.5) is 0 Å². The molecule has 0 radical (unpaired) electrons. The highest BCUT2D eigenvalue weighted by Crippen LogP contribution is 2.32. The normalized spacial score (nSPS) is 14.2. The van der Waals surface area contributed by atoms with Crippen LogP contribution in [0.2, 0.25) is 10.0 Å². The van der Waals surface area contributed by atoms with Gasteiger partial charge in [-0.25, -0.2) is 9.50 Å². The van der Waals surface area contributed by atoms with Crippen molar-refractivity contribution in [2.75, 3.05) is 26.3 Å². The Balaban J connectivity index is 1.73. The van der Waals surface area contributed by atoms with Crippen LogP contribution in [0.5, 0.6) is 0 Å². The summed E-state index contributed by atoms with van der Waals surface area (Å²) in [6.07, 6.45) is 5.89. The fraction of sp³-hybridized carbons (Fsp3) is 0.318. The number of nitrogens with zero attached hydrogens (tertiary/aromatic N) is 4. The van der Waals surface area contributed by atoms with Gasteiger partial charge in [-0.2, -0.15) is 5.10 Å². The summed E-state index contributed by atoms with van der Waals surface area (Å²) in [7, 11) is 0. The van der Waals surface area contributed by atoms with Gasteiger partial charge in [0, 0.05) is 24.5 Å². The molecule has 0 atom stereocenters. The van der Waals surface area contributed by atoms with E-state index in [-0.39, 0.29) is 5.91 Å². The molecule has 0 saturated carbocycles. The fourth-order valence-electron chi connectivity index (χ4n) is 3.59. The van der Waals surface area contributed by atoms with Crippen molar-refractivity contribution >= 4 is 34.8 Å². The van der Waals surface area contributed by atoms with Crippen molar-refractivity contribution in [2.45, 2.75) is 20.3 Å². The van der Waals surface area contributed by atoms with Crippen LogP contribution < -0.4 is 0 Å². The number of hydrogen-bond acceptors (Lipinski definition) is 4. The number of amides is 1. The molecule has 3 heterocycles. The number of terminal acetylenes is 1. The minimum atomic E-state index is -0.121. The van der Waals surface area contributed by atoms with Gasteiger partial charge < -0.3 is 9.64 Å². The molecule has 0 bridgehead atoms. The number of carbonyl (C=O) groups excluding carboxylic acids is 1. The Morgan fingerprint density at radius 2 is 2.00 bits per heavy atom. The van der Waals surface area contributed by atoms with E-state index in [1.54, 1.807) is 21.5 Å². The van der Waals surface area contributed by atoms with Crippen LogP contribution in [-0.4, -0.2) is 51.7 Å². The maximum absolute atomic E-state index is 13.0. The predicted molar refractivity (Wildman–Crippen MR) is 116 cm³/mol. The summed E-state index contributed by atoms with van der Waals surface area (Å²) < 4.78 is 7.07. The number of carbonyl (C=O) groups is 1. The van der Waals surface area contributed by atoms with Gasteiger partial charge in [0.1, 0.15) is 5.69 Å². The molecule has 0 unspecified atom stereocenters. The molecule has 1 aliphatic rings. The van der Waals surface area contributed by atoms with Gasteiger partial charge in [0.25, 0.3) is 5.91 Å². The van der Waals surface area contributed by atoms with Crippen LogP contribution in [0.25, 0.3) is 5.65 Å². The Morgan fingerprint density at radius 1 is 1.27 bits per heavy atom. The number of aromatic nitrogens is 3. The zero-order valence-corrected chi connectivity index (χ0v) is 18.2. The maximum Gasteiger partial charge on any atom is 0.255 e. The Bertz CT molecular complexity index is 1190. The van der Waals surface area contributed by atoms with E-state index in [1.165, 1.54) is 0 Å². The largest absolute Gasteiger partial charge is 0.378 e. The van der Waals surface area contributed by atoms with Crippen molar-refractivity contribution in [1.29, 1.82) is 0 Å². The summed E-state index contributed by atoms with van der Waals surface area (Å²) in [5, 5.41) is 5.29. The highest BCUT2D eigenvalue weighted by atomic mass is 35.5. The Hall–Kier alpha value is -2.59. The van der Waals surface area contributed by atoms with E-state index >= 15 is 0 Å². The van der Waals surface area contributed by atoms with Crippen LogP contribution in [-0.2, 0) is 11.2 Å². The summed E-state index contributed by atoms with van der Waals surface area (Å²) in [5.74, 6) is 2.44. The molecule has 1 amide bonds. The number of aryl methyl sites for hydroxylation is 2. The molecule has 1 aliphatic heterocycles. The molecule has 4 rings (SSSR count). The average Bonchev–Trinajstić information content (AvgIpc) is 3.07. The summed E-state index contributed by atoms with van der Waals surface area (Å²) in [5.41, 5.74) is 4.93. The second-order valence-corrected chi connectivity index (χ2v) is 7.99. The second kappa shape index (κ2) is 8.27. The first kappa shape index (κ1) is 20.7. The Kier molecular flexibility index (Phi) is 5.70. The lowest BCUT2D eigenvalue weighted by atomic mass is 10.0. The third-order valence-corrected chi connectivity index (χ3v) is 6.08. The molecule has 154 valence electrons. The minimum Gasteiger partial charge on any atom is -0.378 e. The molecular formula is C22H20Cl2N4O2. The number of morpholine rings is 1. The third kappa shape index (κ3) is 3.65. The summed E-state index contributed by atoms with van der Waals surface area (Å²) in [4.78, 5) is 19.4. The van der Waals surface area contributed by atoms with Gasteiger partial charge in [-0.05, 0) is 49.1 Å². The number of halogens is 2. The van der Waals surface area contributed by atoms with Gasteiger partial charge in [-0.1, -0.05) is 23.2 Å². The number of rotatable bonds is 3. The lowest BCUT2D eigenvalue weighted by Crippen LogP contribution is -2.40. The molecule has 1 fully saturated rings. The van der Waals surface area contributed by atoms with Gasteiger partial charge in [-0.15, -0.1) is 6.42 Å². The molecule has 0 spiro atoms. The zero-order valence-electron chi connectivity index (χ0n) is 16.7. The molecule has 0 aliphatic carbocycles. The molecule has 6 nitrogen and oxygen atoms in total. The molecule has 8 heteroatoms. The quantitative estimate of drug-likeness (QED) is 0.580. The van der Waals surface area contributed by atoms with E-state index in [4.69, 9.17) is 39.3 Å². The second-order valence-electron chi connectivity index (χ2n) is 7.21. The summed E-state index contributed by atoms with van der Waals surface area (Å²) in [6, 6.07) is 5.21. The molecule has 3 aromatic rings. The predicted octanol–water partition coefficient (Wildman–Crippen LogP) is 3.70. The van der Waals surface area contributed by atoms with Crippen LogP contribution >= 0.6 is 23.2 Å². The van der Waals surface area contributed by atoms with Crippen molar-refractivity contribution in [1.82, 2.24) is 19.5 Å². The molecule has 1 saturated heterocycles. The van der Waals surface area contributed by atoms with Crippen molar-refractivity contribution in [2.24, 2.45) is 0 Å². The Labute approximate surface area is 184 Å². The SMILES string of the molecule is C#Cc1cc(C)c2nc(Cc3c(Cl)ccc(C(=O)N4CCOCC4)c3Cl)c(C)n2n1. The van der Waals surface area contributed by atoms with Crippen molar-refractivity contribution in [3.63, 3.8) is 0 Å². The van der Waals surface area contributed by atoms with E-state index < -0.39 is 0 Å². The first-order valence-electron chi connectivity index (χ1n) is 9.57. The van der Waals surface area contributed by atoms with Gasteiger partial charge in [-0.3, -0.25) is 4.79 Å². The molecule has 1 aromatic carbocycles. The molecule has 30 heavy (non-hydrogen) atoms. The van der Waals surface area contributed by atoms with Gasteiger partial charge in [0.05, 0.1) is 35.2 Å². The van der Waals surface area contributed by atoms with Crippen LogP contribution in [0, 0.1) is 26.2 Å². The van der Waals surface area contributed by atoms with Gasteiger partial charge >= 0.3 is 0 Å². The van der Waals surface area contributed by atoms with Crippen LogP contribution in [0.1, 0.15) is 38.6 Å². The lowest BCUT2D eigenvalue weighted by molar-refractivity contribution is 0.0303. The van der Waals surface area contributed by atoms with E-state index in [1.807, 2.05) is 19.9 Å². The van der Waals surface area contributed by atoms with Crippen molar-refractivity contribution in [3.05, 3.63) is 62.0 Å². The van der Waals surface area contributed by atoms with Crippen molar-refractivity contribution in [3.8, 4) is 12.3 Å². The highest BCUT2D eigenvalue weighted by Gasteiger charge is 2.24. The number of imidazole rings is 1. The first-order valence-corrected chi connectivity index (χ1v) is 10.3. The van der Waals surface area contributed by atoms with Crippen molar-refractivity contribution < 1.29 is 9.53 Å². The van der Waals surface area contributed by atoms with Gasteiger partial charge in [0.2, 0.25) is 0 Å². The fourth-order valence-corrected chi connectivity index (χ4v) is 4.17. The van der Waals surface area contributed by atoms with Gasteiger partial charge in [0.15, 0.2) is 5.65 Å².